The van der Waals surface area contributed by atoms with Crippen LogP contribution in [0, 0.1) is 6.92 Å². The highest BCUT2D eigenvalue weighted by Gasteiger charge is 2.20. The van der Waals surface area contributed by atoms with Crippen LogP contribution in [0.15, 0.2) is 47.4 Å². The second kappa shape index (κ2) is 11.9. The molecule has 3 rings (SSSR count). The molecule has 0 saturated heterocycles. The molecule has 0 atom stereocenters. The lowest BCUT2D eigenvalue weighted by Gasteiger charge is -2.21. The summed E-state index contributed by atoms with van der Waals surface area (Å²) in [7, 11) is 4.09. The number of carbonyl (C=O) groups excluding carboxylic acids is 1. The van der Waals surface area contributed by atoms with E-state index in [-0.39, 0.29) is 18.3 Å². The number of halogens is 2. The van der Waals surface area contributed by atoms with Crippen LogP contribution >= 0.6 is 47.1 Å². The van der Waals surface area contributed by atoms with Gasteiger partial charge in [-0.15, -0.1) is 24.2 Å². The predicted molar refractivity (Wildman–Crippen MR) is 134 cm³/mol. The molecule has 0 spiro atoms. The Kier molecular flexibility index (Phi) is 9.91. The minimum Gasteiger partial charge on any atom is -0.309 e. The predicted octanol–water partition coefficient (Wildman–Crippen LogP) is 6.15. The van der Waals surface area contributed by atoms with Crippen molar-refractivity contribution in [2.45, 2.75) is 24.7 Å². The zero-order valence-corrected chi connectivity index (χ0v) is 20.6. The number of thioether (sulfide) groups is 1. The van der Waals surface area contributed by atoms with Gasteiger partial charge in [0.25, 0.3) is 0 Å². The topological polar surface area (TPSA) is 36.4 Å². The Morgan fingerprint density at radius 2 is 1.90 bits per heavy atom. The van der Waals surface area contributed by atoms with Crippen LogP contribution in [-0.4, -0.2) is 48.7 Å². The van der Waals surface area contributed by atoms with Gasteiger partial charge in [-0.2, -0.15) is 0 Å². The Balaban J connectivity index is 0.00000320. The molecule has 0 aliphatic carbocycles. The number of aromatic nitrogens is 1. The summed E-state index contributed by atoms with van der Waals surface area (Å²) in [5.74, 6) is 0.873. The van der Waals surface area contributed by atoms with Gasteiger partial charge in [-0.1, -0.05) is 41.1 Å². The largest absolute Gasteiger partial charge is 0.309 e. The SMILES string of the molecule is Cc1cc(Cl)cc2sc(N(CCCN(C)C)C(=O)CCSc3ccccc3)nc12.Cl. The summed E-state index contributed by atoms with van der Waals surface area (Å²) >= 11 is 9.46. The van der Waals surface area contributed by atoms with Crippen molar-refractivity contribution < 1.29 is 4.79 Å². The lowest BCUT2D eigenvalue weighted by atomic mass is 10.2. The van der Waals surface area contributed by atoms with E-state index in [9.17, 15) is 4.79 Å². The molecule has 0 fully saturated rings. The molecular formula is C22H27Cl2N3OS2. The van der Waals surface area contributed by atoms with Gasteiger partial charge < -0.3 is 4.90 Å². The van der Waals surface area contributed by atoms with Gasteiger partial charge in [0.05, 0.1) is 10.2 Å². The van der Waals surface area contributed by atoms with E-state index in [0.29, 0.717) is 18.0 Å². The number of fused-ring (bicyclic) bond motifs is 1. The first kappa shape index (κ1) is 25.0. The van der Waals surface area contributed by atoms with E-state index in [1.165, 1.54) is 16.2 Å². The van der Waals surface area contributed by atoms with Crippen molar-refractivity contribution in [2.24, 2.45) is 0 Å². The lowest BCUT2D eigenvalue weighted by molar-refractivity contribution is -0.118. The third-order valence-corrected chi connectivity index (χ3v) is 6.74. The number of nitrogens with zero attached hydrogens (tertiary/aromatic N) is 3. The fraction of sp³-hybridized carbons (Fsp3) is 0.364. The second-order valence-electron chi connectivity index (χ2n) is 7.18. The van der Waals surface area contributed by atoms with Crippen molar-refractivity contribution in [3.05, 3.63) is 53.1 Å². The van der Waals surface area contributed by atoms with Crippen molar-refractivity contribution in [3.63, 3.8) is 0 Å². The number of rotatable bonds is 9. The summed E-state index contributed by atoms with van der Waals surface area (Å²) in [6.45, 7) is 3.60. The van der Waals surface area contributed by atoms with Crippen LogP contribution in [0.3, 0.4) is 0 Å². The van der Waals surface area contributed by atoms with E-state index in [4.69, 9.17) is 16.6 Å². The molecule has 1 amide bonds. The Labute approximate surface area is 198 Å². The third-order valence-electron chi connectivity index (χ3n) is 4.49. The average Bonchev–Trinajstić information content (AvgIpc) is 3.09. The van der Waals surface area contributed by atoms with Crippen LogP contribution in [-0.2, 0) is 4.79 Å². The van der Waals surface area contributed by atoms with Crippen molar-refractivity contribution in [3.8, 4) is 0 Å². The van der Waals surface area contributed by atoms with Crippen LogP contribution in [0.5, 0.6) is 0 Å². The van der Waals surface area contributed by atoms with Crippen LogP contribution < -0.4 is 4.90 Å². The van der Waals surface area contributed by atoms with Gasteiger partial charge in [-0.25, -0.2) is 4.98 Å². The fourth-order valence-electron chi connectivity index (χ4n) is 3.04. The first-order valence-corrected chi connectivity index (χ1v) is 11.8. The zero-order chi connectivity index (χ0) is 20.8. The van der Waals surface area contributed by atoms with E-state index >= 15 is 0 Å². The van der Waals surface area contributed by atoms with Gasteiger partial charge in [0.2, 0.25) is 5.91 Å². The van der Waals surface area contributed by atoms with E-state index < -0.39 is 0 Å². The van der Waals surface area contributed by atoms with Crippen LogP contribution in [0.25, 0.3) is 10.2 Å². The average molecular weight is 485 g/mol. The molecule has 1 aromatic heterocycles. The molecule has 0 aliphatic heterocycles. The van der Waals surface area contributed by atoms with E-state index in [1.54, 1.807) is 11.8 Å². The van der Waals surface area contributed by atoms with Gasteiger partial charge in [0.15, 0.2) is 5.13 Å². The maximum absolute atomic E-state index is 13.1. The Morgan fingerprint density at radius 3 is 2.60 bits per heavy atom. The first-order valence-electron chi connectivity index (χ1n) is 9.63. The number of anilines is 1. The lowest BCUT2D eigenvalue weighted by Crippen LogP contribution is -2.33. The highest BCUT2D eigenvalue weighted by molar-refractivity contribution is 7.99. The number of thiazole rings is 1. The molecule has 4 nitrogen and oxygen atoms in total. The minimum atomic E-state index is 0. The Morgan fingerprint density at radius 1 is 1.17 bits per heavy atom. The summed E-state index contributed by atoms with van der Waals surface area (Å²) in [5, 5.41) is 1.47. The van der Waals surface area contributed by atoms with E-state index in [2.05, 4.69) is 17.0 Å². The third kappa shape index (κ3) is 6.86. The summed E-state index contributed by atoms with van der Waals surface area (Å²) < 4.78 is 1.02. The molecule has 0 unspecified atom stereocenters. The number of benzene rings is 2. The van der Waals surface area contributed by atoms with Gasteiger partial charge in [-0.3, -0.25) is 9.69 Å². The van der Waals surface area contributed by atoms with Gasteiger partial charge in [0, 0.05) is 28.6 Å². The monoisotopic (exact) mass is 483 g/mol. The molecule has 0 radical (unpaired) electrons. The highest BCUT2D eigenvalue weighted by atomic mass is 35.5. The highest BCUT2D eigenvalue weighted by Crippen LogP contribution is 2.33. The van der Waals surface area contributed by atoms with Crippen LogP contribution in [0.1, 0.15) is 18.4 Å². The Hall–Kier alpha value is -1.31. The standard InChI is InChI=1S/C22H26ClN3OS2.ClH/c1-16-14-17(23)15-19-21(16)24-22(29-19)26(12-7-11-25(2)3)20(27)10-13-28-18-8-5-4-6-9-18;/h4-6,8-9,14-15H,7,10-13H2,1-3H3;1H. The van der Waals surface area contributed by atoms with Gasteiger partial charge >= 0.3 is 0 Å². The van der Waals surface area contributed by atoms with E-state index in [1.807, 2.05) is 56.3 Å². The number of amides is 1. The normalized spacial score (nSPS) is 11.0. The van der Waals surface area contributed by atoms with E-state index in [0.717, 1.165) is 39.6 Å². The minimum absolute atomic E-state index is 0. The summed E-state index contributed by atoms with van der Waals surface area (Å²) in [4.78, 5) is 23.0. The second-order valence-corrected chi connectivity index (χ2v) is 9.79. The smallest absolute Gasteiger partial charge is 0.229 e. The molecule has 30 heavy (non-hydrogen) atoms. The Bertz CT molecular complexity index is 964. The summed E-state index contributed by atoms with van der Waals surface area (Å²) in [5.41, 5.74) is 1.97. The van der Waals surface area contributed by atoms with Crippen LogP contribution in [0.4, 0.5) is 5.13 Å². The van der Waals surface area contributed by atoms with Crippen molar-refractivity contribution >= 4 is 68.4 Å². The number of hydrogen-bond donors (Lipinski definition) is 0. The van der Waals surface area contributed by atoms with Crippen molar-refractivity contribution in [1.29, 1.82) is 0 Å². The molecule has 3 aromatic rings. The summed E-state index contributed by atoms with van der Waals surface area (Å²) in [6, 6.07) is 14.0. The maximum Gasteiger partial charge on any atom is 0.229 e. The van der Waals surface area contributed by atoms with Crippen molar-refractivity contribution in [1.82, 2.24) is 9.88 Å². The quantitative estimate of drug-likeness (QED) is 0.342. The molecule has 162 valence electrons. The molecule has 8 heteroatoms. The molecule has 2 aromatic carbocycles. The molecule has 0 bridgehead atoms. The van der Waals surface area contributed by atoms with Crippen molar-refractivity contribution in [2.75, 3.05) is 37.8 Å². The molecule has 0 N–H and O–H groups in total. The zero-order valence-electron chi connectivity index (χ0n) is 17.4. The van der Waals surface area contributed by atoms with Crippen LogP contribution in [0.2, 0.25) is 5.02 Å². The number of hydrogen-bond acceptors (Lipinski definition) is 5. The first-order chi connectivity index (χ1) is 13.9. The summed E-state index contributed by atoms with van der Waals surface area (Å²) in [6.07, 6.45) is 1.39. The molecule has 0 saturated carbocycles. The number of carbonyl (C=O) groups is 1. The molecule has 0 aliphatic rings. The molecular weight excluding hydrogens is 457 g/mol. The molecule has 1 heterocycles. The van der Waals surface area contributed by atoms with Gasteiger partial charge in [-0.05, 0) is 63.8 Å². The maximum atomic E-state index is 13.1. The number of aryl methyl sites for hydroxylation is 1. The fourth-order valence-corrected chi connectivity index (χ4v) is 5.36. The van der Waals surface area contributed by atoms with Gasteiger partial charge in [0.1, 0.15) is 0 Å².